The van der Waals surface area contributed by atoms with Gasteiger partial charge in [0.05, 0.1) is 0 Å². The van der Waals surface area contributed by atoms with E-state index in [0.29, 0.717) is 25.9 Å². The molecule has 2 aliphatic rings. The third-order valence-corrected chi connectivity index (χ3v) is 4.03. The molecule has 1 heterocycles. The molecule has 0 spiro atoms. The van der Waals surface area contributed by atoms with Gasteiger partial charge in [0.2, 0.25) is 0 Å². The van der Waals surface area contributed by atoms with Crippen molar-refractivity contribution in [3.63, 3.8) is 0 Å². The quantitative estimate of drug-likeness (QED) is 0.682. The first kappa shape index (κ1) is 13.1. The van der Waals surface area contributed by atoms with Gasteiger partial charge in [0.1, 0.15) is 5.54 Å². The van der Waals surface area contributed by atoms with Gasteiger partial charge >= 0.3 is 12.0 Å². The van der Waals surface area contributed by atoms with E-state index in [2.05, 4.69) is 5.32 Å². The van der Waals surface area contributed by atoms with Crippen LogP contribution in [0.2, 0.25) is 0 Å². The number of hydrogen-bond donors (Lipinski definition) is 3. The topological polar surface area (TPSA) is 89.9 Å². The van der Waals surface area contributed by atoms with Gasteiger partial charge in [-0.3, -0.25) is 0 Å². The van der Waals surface area contributed by atoms with E-state index in [1.807, 2.05) is 0 Å². The summed E-state index contributed by atoms with van der Waals surface area (Å²) in [6.07, 6.45) is 3.63. The van der Waals surface area contributed by atoms with Crippen LogP contribution in [0.15, 0.2) is 0 Å². The largest absolute Gasteiger partial charge is 0.480 e. The van der Waals surface area contributed by atoms with E-state index in [0.717, 1.165) is 19.3 Å². The molecule has 0 aromatic heterocycles. The minimum absolute atomic E-state index is 0.0772. The predicted octanol–water partition coefficient (Wildman–Crippen LogP) is 0.408. The highest BCUT2D eigenvalue weighted by molar-refractivity contribution is 5.87. The Balaban J connectivity index is 1.93. The van der Waals surface area contributed by atoms with Crippen molar-refractivity contribution in [2.45, 2.75) is 37.6 Å². The highest BCUT2D eigenvalue weighted by Crippen LogP contribution is 2.32. The lowest BCUT2D eigenvalue weighted by molar-refractivity contribution is -0.148. The Morgan fingerprint density at radius 1 is 1.33 bits per heavy atom. The van der Waals surface area contributed by atoms with Gasteiger partial charge in [-0.25, -0.2) is 9.59 Å². The summed E-state index contributed by atoms with van der Waals surface area (Å²) in [6, 6.07) is -0.310. The van der Waals surface area contributed by atoms with Crippen molar-refractivity contribution in [2.75, 3.05) is 19.7 Å². The van der Waals surface area contributed by atoms with Crippen LogP contribution in [-0.2, 0) is 4.79 Å². The second-order valence-corrected chi connectivity index (χ2v) is 5.31. The van der Waals surface area contributed by atoms with Gasteiger partial charge in [-0.05, 0) is 38.0 Å². The van der Waals surface area contributed by atoms with Crippen LogP contribution in [0.4, 0.5) is 4.79 Å². The molecular formula is C12H20N2O4. The van der Waals surface area contributed by atoms with E-state index in [-0.39, 0.29) is 18.6 Å². The van der Waals surface area contributed by atoms with Gasteiger partial charge < -0.3 is 20.4 Å². The Morgan fingerprint density at radius 2 is 2.06 bits per heavy atom. The number of rotatable bonds is 3. The molecule has 102 valence electrons. The number of nitrogens with one attached hydrogen (secondary N) is 1. The first-order valence-electron chi connectivity index (χ1n) is 6.49. The summed E-state index contributed by atoms with van der Waals surface area (Å²) in [7, 11) is 0. The van der Waals surface area contributed by atoms with E-state index in [4.69, 9.17) is 10.2 Å². The highest BCUT2D eigenvalue weighted by Gasteiger charge is 2.46. The number of nitrogens with zero attached hydrogens (tertiary/aromatic N) is 1. The lowest BCUT2D eigenvalue weighted by Crippen LogP contribution is -2.62. The van der Waals surface area contributed by atoms with Crippen LogP contribution in [-0.4, -0.2) is 52.3 Å². The SMILES string of the molecule is O=C(NC1(C(=O)O)CCC1)N1CCCC(CO)C1. The van der Waals surface area contributed by atoms with Gasteiger partial charge in [0.15, 0.2) is 0 Å². The molecule has 2 fully saturated rings. The number of carboxylic acid groups (broad SMARTS) is 1. The third-order valence-electron chi connectivity index (χ3n) is 4.03. The number of amides is 2. The van der Waals surface area contributed by atoms with Crippen LogP contribution in [0.3, 0.4) is 0 Å². The van der Waals surface area contributed by atoms with E-state index >= 15 is 0 Å². The van der Waals surface area contributed by atoms with Crippen molar-refractivity contribution in [1.29, 1.82) is 0 Å². The minimum atomic E-state index is -1.05. The molecule has 3 N–H and O–H groups in total. The first-order chi connectivity index (χ1) is 8.57. The van der Waals surface area contributed by atoms with Gasteiger partial charge in [0.25, 0.3) is 0 Å². The fourth-order valence-corrected chi connectivity index (χ4v) is 2.60. The standard InChI is InChI=1S/C12H20N2O4/c15-8-9-3-1-6-14(7-9)11(18)13-12(10(16)17)4-2-5-12/h9,15H,1-8H2,(H,13,18)(H,16,17). The summed E-state index contributed by atoms with van der Waals surface area (Å²) in [4.78, 5) is 24.8. The minimum Gasteiger partial charge on any atom is -0.480 e. The fourth-order valence-electron chi connectivity index (χ4n) is 2.60. The Morgan fingerprint density at radius 3 is 2.56 bits per heavy atom. The number of carbonyl (C=O) groups is 2. The number of carbonyl (C=O) groups excluding carboxylic acids is 1. The number of hydrogen-bond acceptors (Lipinski definition) is 3. The third kappa shape index (κ3) is 2.43. The summed E-state index contributed by atoms with van der Waals surface area (Å²) in [5.41, 5.74) is -1.05. The summed E-state index contributed by atoms with van der Waals surface area (Å²) in [5.74, 6) is -0.829. The molecule has 1 atom stereocenters. The molecule has 18 heavy (non-hydrogen) atoms. The molecule has 1 unspecified atom stereocenters. The maximum atomic E-state index is 12.0. The lowest BCUT2D eigenvalue weighted by Gasteiger charge is -2.41. The van der Waals surface area contributed by atoms with Crippen LogP contribution in [0.25, 0.3) is 0 Å². The lowest BCUT2D eigenvalue weighted by atomic mass is 9.77. The zero-order valence-electron chi connectivity index (χ0n) is 10.4. The van der Waals surface area contributed by atoms with Crippen molar-refractivity contribution in [3.05, 3.63) is 0 Å². The number of likely N-dealkylation sites (tertiary alicyclic amines) is 1. The number of carboxylic acids is 1. The Hall–Kier alpha value is -1.30. The molecule has 1 aliphatic carbocycles. The molecule has 0 bridgehead atoms. The van der Waals surface area contributed by atoms with E-state index in [9.17, 15) is 9.59 Å². The molecule has 6 nitrogen and oxygen atoms in total. The summed E-state index contributed by atoms with van der Waals surface area (Å²) < 4.78 is 0. The Kier molecular flexibility index (Phi) is 3.75. The molecule has 2 rings (SSSR count). The summed E-state index contributed by atoms with van der Waals surface area (Å²) >= 11 is 0. The maximum Gasteiger partial charge on any atom is 0.329 e. The van der Waals surface area contributed by atoms with Crippen molar-refractivity contribution in [2.24, 2.45) is 5.92 Å². The van der Waals surface area contributed by atoms with Gasteiger partial charge in [-0.1, -0.05) is 0 Å². The molecule has 1 aliphatic heterocycles. The predicted molar refractivity (Wildman–Crippen MR) is 64.1 cm³/mol. The molecule has 6 heteroatoms. The molecule has 1 saturated heterocycles. The van der Waals surface area contributed by atoms with Crippen LogP contribution in [0, 0.1) is 5.92 Å². The zero-order valence-corrected chi connectivity index (χ0v) is 10.4. The number of urea groups is 1. The Bertz CT molecular complexity index is 341. The maximum absolute atomic E-state index is 12.0. The molecule has 0 radical (unpaired) electrons. The number of aliphatic hydroxyl groups excluding tert-OH is 1. The average Bonchev–Trinajstić information content (AvgIpc) is 2.33. The van der Waals surface area contributed by atoms with Gasteiger partial charge in [-0.15, -0.1) is 0 Å². The fraction of sp³-hybridized carbons (Fsp3) is 0.833. The first-order valence-corrected chi connectivity index (χ1v) is 6.49. The highest BCUT2D eigenvalue weighted by atomic mass is 16.4. The second kappa shape index (κ2) is 5.14. The molecule has 0 aromatic rings. The van der Waals surface area contributed by atoms with Crippen LogP contribution < -0.4 is 5.32 Å². The van der Waals surface area contributed by atoms with Crippen LogP contribution >= 0.6 is 0 Å². The van der Waals surface area contributed by atoms with Crippen LogP contribution in [0.1, 0.15) is 32.1 Å². The Labute approximate surface area is 106 Å². The van der Waals surface area contributed by atoms with E-state index in [1.54, 1.807) is 4.90 Å². The molecule has 2 amide bonds. The monoisotopic (exact) mass is 256 g/mol. The van der Waals surface area contributed by atoms with Crippen molar-refractivity contribution in [3.8, 4) is 0 Å². The second-order valence-electron chi connectivity index (χ2n) is 5.31. The molecule has 1 saturated carbocycles. The number of aliphatic carboxylic acids is 1. The van der Waals surface area contributed by atoms with Crippen molar-refractivity contribution >= 4 is 12.0 Å². The van der Waals surface area contributed by atoms with E-state index < -0.39 is 11.5 Å². The van der Waals surface area contributed by atoms with Crippen molar-refractivity contribution < 1.29 is 19.8 Å². The normalized spacial score (nSPS) is 26.3. The summed E-state index contributed by atoms with van der Waals surface area (Å²) in [6.45, 7) is 1.23. The molecular weight excluding hydrogens is 236 g/mol. The van der Waals surface area contributed by atoms with Crippen LogP contribution in [0.5, 0.6) is 0 Å². The van der Waals surface area contributed by atoms with Gasteiger partial charge in [0, 0.05) is 19.7 Å². The number of piperidine rings is 1. The number of aliphatic hydroxyl groups is 1. The van der Waals surface area contributed by atoms with E-state index in [1.165, 1.54) is 0 Å². The average molecular weight is 256 g/mol. The smallest absolute Gasteiger partial charge is 0.329 e. The zero-order chi connectivity index (χ0) is 13.2. The molecule has 0 aromatic carbocycles. The van der Waals surface area contributed by atoms with Gasteiger partial charge in [-0.2, -0.15) is 0 Å². The summed E-state index contributed by atoms with van der Waals surface area (Å²) in [5, 5.41) is 20.9. The van der Waals surface area contributed by atoms with Crippen molar-refractivity contribution in [1.82, 2.24) is 10.2 Å².